The number of benzene rings is 1. The highest BCUT2D eigenvalue weighted by molar-refractivity contribution is 5.94. The number of nitrogens with zero attached hydrogens (tertiary/aromatic N) is 3. The summed E-state index contributed by atoms with van der Waals surface area (Å²) in [7, 11) is 0. The molecule has 3 heterocycles. The number of hydrogen-bond donors (Lipinski definition) is 0. The van der Waals surface area contributed by atoms with Crippen LogP contribution in [0, 0.1) is 18.6 Å². The number of carbonyl (C=O) groups excluding carboxylic acids is 1. The topological polar surface area (TPSA) is 59.2 Å². The van der Waals surface area contributed by atoms with Crippen molar-refractivity contribution in [3.05, 3.63) is 70.7 Å². The molecule has 3 aromatic rings. The minimum Gasteiger partial charge on any atom is -0.360 e. The van der Waals surface area contributed by atoms with E-state index in [0.29, 0.717) is 13.1 Å². The number of hydrogen-bond acceptors (Lipinski definition) is 4. The van der Waals surface area contributed by atoms with Crippen molar-refractivity contribution in [2.75, 3.05) is 13.1 Å². The van der Waals surface area contributed by atoms with Gasteiger partial charge in [-0.1, -0.05) is 18.1 Å². The third kappa shape index (κ3) is 3.97. The molecule has 7 heteroatoms. The lowest BCUT2D eigenvalue weighted by Gasteiger charge is -2.32. The average Bonchev–Trinajstić information content (AvgIpc) is 3.13. The van der Waals surface area contributed by atoms with E-state index in [1.807, 2.05) is 32.0 Å². The Morgan fingerprint density at radius 2 is 1.87 bits per heavy atom. The lowest BCUT2D eigenvalue weighted by Crippen LogP contribution is -2.38. The van der Waals surface area contributed by atoms with Gasteiger partial charge in [-0.2, -0.15) is 0 Å². The lowest BCUT2D eigenvalue weighted by molar-refractivity contribution is 0.0711. The fraction of sp³-hybridized carbons (Fsp3) is 0.348. The van der Waals surface area contributed by atoms with E-state index in [4.69, 9.17) is 9.51 Å². The van der Waals surface area contributed by atoms with Gasteiger partial charge in [-0.05, 0) is 44.0 Å². The normalized spacial score (nSPS) is 14.9. The zero-order chi connectivity index (χ0) is 21.3. The standard InChI is InChI=1S/C23H23F2N3O2/c1-3-21-22(14(2)27-30-21)20-6-4-5-19(26-20)15-7-9-28(10-8-15)23(29)16-11-17(24)13-18(25)12-16/h4-6,11-13,15H,3,7-10H2,1-2H3. The fourth-order valence-corrected chi connectivity index (χ4v) is 4.04. The number of likely N-dealkylation sites (tertiary alicyclic amines) is 1. The number of pyridine rings is 1. The Morgan fingerprint density at radius 3 is 2.53 bits per heavy atom. The van der Waals surface area contributed by atoms with Gasteiger partial charge in [0.15, 0.2) is 0 Å². The molecule has 2 aromatic heterocycles. The van der Waals surface area contributed by atoms with Gasteiger partial charge in [0.05, 0.1) is 17.0 Å². The third-order valence-corrected chi connectivity index (χ3v) is 5.59. The molecule has 0 bridgehead atoms. The van der Waals surface area contributed by atoms with Crippen molar-refractivity contribution in [2.45, 2.75) is 39.0 Å². The SMILES string of the molecule is CCc1onc(C)c1-c1cccc(C2CCN(C(=O)c3cc(F)cc(F)c3)CC2)n1. The zero-order valence-corrected chi connectivity index (χ0v) is 17.0. The van der Waals surface area contributed by atoms with Crippen molar-refractivity contribution in [3.63, 3.8) is 0 Å². The Labute approximate surface area is 173 Å². The molecule has 4 rings (SSSR count). The maximum Gasteiger partial charge on any atom is 0.254 e. The molecule has 0 spiro atoms. The molecule has 0 saturated carbocycles. The zero-order valence-electron chi connectivity index (χ0n) is 17.0. The monoisotopic (exact) mass is 411 g/mol. The molecule has 1 aliphatic heterocycles. The number of halogens is 2. The predicted octanol–water partition coefficient (Wildman–Crippen LogP) is 4.91. The van der Waals surface area contributed by atoms with Crippen LogP contribution in [0.2, 0.25) is 0 Å². The second kappa shape index (κ2) is 8.34. The van der Waals surface area contributed by atoms with Crippen LogP contribution in [0.5, 0.6) is 0 Å². The Hall–Kier alpha value is -3.09. The van der Waals surface area contributed by atoms with Gasteiger partial charge < -0.3 is 9.42 Å². The van der Waals surface area contributed by atoms with Crippen LogP contribution in [0.3, 0.4) is 0 Å². The number of rotatable bonds is 4. The second-order valence-electron chi connectivity index (χ2n) is 7.59. The molecular weight excluding hydrogens is 388 g/mol. The van der Waals surface area contributed by atoms with E-state index in [1.54, 1.807) is 4.90 Å². The molecule has 1 amide bonds. The van der Waals surface area contributed by atoms with E-state index in [9.17, 15) is 13.6 Å². The van der Waals surface area contributed by atoms with E-state index < -0.39 is 11.6 Å². The Bertz CT molecular complexity index is 1050. The summed E-state index contributed by atoms with van der Waals surface area (Å²) < 4.78 is 32.3. The summed E-state index contributed by atoms with van der Waals surface area (Å²) in [5.41, 5.74) is 3.62. The highest BCUT2D eigenvalue weighted by Gasteiger charge is 2.26. The molecule has 0 atom stereocenters. The largest absolute Gasteiger partial charge is 0.360 e. The highest BCUT2D eigenvalue weighted by atomic mass is 19.1. The maximum absolute atomic E-state index is 13.4. The van der Waals surface area contributed by atoms with Crippen LogP contribution in [0.25, 0.3) is 11.3 Å². The third-order valence-electron chi connectivity index (χ3n) is 5.59. The van der Waals surface area contributed by atoms with Crippen molar-refractivity contribution < 1.29 is 18.1 Å². The quantitative estimate of drug-likeness (QED) is 0.612. The summed E-state index contributed by atoms with van der Waals surface area (Å²) in [6.45, 7) is 4.95. The molecular formula is C23H23F2N3O2. The smallest absolute Gasteiger partial charge is 0.254 e. The van der Waals surface area contributed by atoms with E-state index in [-0.39, 0.29) is 17.4 Å². The molecule has 0 aliphatic carbocycles. The maximum atomic E-state index is 13.4. The summed E-state index contributed by atoms with van der Waals surface area (Å²) in [6, 6.07) is 8.87. The lowest BCUT2D eigenvalue weighted by atomic mass is 9.92. The number of aryl methyl sites for hydroxylation is 2. The summed E-state index contributed by atoms with van der Waals surface area (Å²) in [5, 5.41) is 4.06. The fourth-order valence-electron chi connectivity index (χ4n) is 4.04. The van der Waals surface area contributed by atoms with Crippen LogP contribution in [0.15, 0.2) is 40.9 Å². The van der Waals surface area contributed by atoms with Crippen molar-refractivity contribution in [1.29, 1.82) is 0 Å². The van der Waals surface area contributed by atoms with Crippen LogP contribution >= 0.6 is 0 Å². The molecule has 5 nitrogen and oxygen atoms in total. The van der Waals surface area contributed by atoms with Gasteiger partial charge in [-0.15, -0.1) is 0 Å². The van der Waals surface area contributed by atoms with Gasteiger partial charge >= 0.3 is 0 Å². The number of piperidine rings is 1. The van der Waals surface area contributed by atoms with Gasteiger partial charge in [0.25, 0.3) is 5.91 Å². The first-order chi connectivity index (χ1) is 14.5. The minimum atomic E-state index is -0.746. The Balaban J connectivity index is 1.48. The van der Waals surface area contributed by atoms with E-state index in [1.165, 1.54) is 0 Å². The van der Waals surface area contributed by atoms with Gasteiger partial charge in [0.2, 0.25) is 0 Å². The number of aromatic nitrogens is 2. The molecule has 0 radical (unpaired) electrons. The second-order valence-corrected chi connectivity index (χ2v) is 7.59. The van der Waals surface area contributed by atoms with Crippen LogP contribution in [-0.4, -0.2) is 34.0 Å². The molecule has 1 aromatic carbocycles. The number of amides is 1. The van der Waals surface area contributed by atoms with Crippen LogP contribution in [0.1, 0.15) is 53.2 Å². The predicted molar refractivity (Wildman–Crippen MR) is 108 cm³/mol. The average molecular weight is 411 g/mol. The molecule has 1 saturated heterocycles. The van der Waals surface area contributed by atoms with Crippen molar-refractivity contribution >= 4 is 5.91 Å². The van der Waals surface area contributed by atoms with Crippen molar-refractivity contribution in [1.82, 2.24) is 15.0 Å². The van der Waals surface area contributed by atoms with Crippen molar-refractivity contribution in [2.24, 2.45) is 0 Å². The summed E-state index contributed by atoms with van der Waals surface area (Å²) in [4.78, 5) is 19.1. The minimum absolute atomic E-state index is 0.0427. The van der Waals surface area contributed by atoms with Crippen molar-refractivity contribution in [3.8, 4) is 11.3 Å². The Kier molecular flexibility index (Phi) is 5.61. The van der Waals surface area contributed by atoms with E-state index >= 15 is 0 Å². The highest BCUT2D eigenvalue weighted by Crippen LogP contribution is 2.31. The van der Waals surface area contributed by atoms with E-state index in [0.717, 1.165) is 65.9 Å². The Morgan fingerprint density at radius 1 is 1.17 bits per heavy atom. The molecule has 0 N–H and O–H groups in total. The van der Waals surface area contributed by atoms with Crippen LogP contribution < -0.4 is 0 Å². The molecule has 0 unspecified atom stereocenters. The van der Waals surface area contributed by atoms with Gasteiger partial charge in [0, 0.05) is 42.8 Å². The first-order valence-electron chi connectivity index (χ1n) is 10.1. The van der Waals surface area contributed by atoms with E-state index in [2.05, 4.69) is 5.16 Å². The summed E-state index contributed by atoms with van der Waals surface area (Å²) >= 11 is 0. The van der Waals surface area contributed by atoms with Crippen LogP contribution in [0.4, 0.5) is 8.78 Å². The van der Waals surface area contributed by atoms with Crippen LogP contribution in [-0.2, 0) is 6.42 Å². The first-order valence-corrected chi connectivity index (χ1v) is 10.1. The van der Waals surface area contributed by atoms with Gasteiger partial charge in [0.1, 0.15) is 17.4 Å². The number of carbonyl (C=O) groups is 1. The summed E-state index contributed by atoms with van der Waals surface area (Å²) in [6.07, 6.45) is 2.22. The first kappa shape index (κ1) is 20.2. The summed E-state index contributed by atoms with van der Waals surface area (Å²) in [5.74, 6) is -0.806. The van der Waals surface area contributed by atoms with Gasteiger partial charge in [-0.25, -0.2) is 8.78 Å². The molecule has 30 heavy (non-hydrogen) atoms. The van der Waals surface area contributed by atoms with Gasteiger partial charge in [-0.3, -0.25) is 9.78 Å². The molecule has 156 valence electrons. The molecule has 1 aliphatic rings. The molecule has 1 fully saturated rings.